The van der Waals surface area contributed by atoms with Gasteiger partial charge in [0.2, 0.25) is 0 Å². The van der Waals surface area contributed by atoms with E-state index in [0.29, 0.717) is 0 Å². The molecular formula is C10H12N2. The molecular weight excluding hydrogens is 148 g/mol. The topological polar surface area (TPSA) is 15.6 Å². The van der Waals surface area contributed by atoms with Gasteiger partial charge in [-0.25, -0.2) is 0 Å². The molecule has 0 amide bonds. The molecule has 1 aliphatic heterocycles. The second kappa shape index (κ2) is 2.97. The van der Waals surface area contributed by atoms with Crippen molar-refractivity contribution in [2.24, 2.45) is 4.99 Å². The molecule has 2 heteroatoms. The van der Waals surface area contributed by atoms with Gasteiger partial charge in [0.15, 0.2) is 0 Å². The molecule has 12 heavy (non-hydrogen) atoms. The first-order valence-electron chi connectivity index (χ1n) is 4.19. The average molecular weight is 160 g/mol. The fraction of sp³-hybridized carbons (Fsp3) is 0.300. The summed E-state index contributed by atoms with van der Waals surface area (Å²) >= 11 is 0. The minimum Gasteiger partial charge on any atom is -0.331 e. The predicted octanol–water partition coefficient (Wildman–Crippen LogP) is 1.84. The highest BCUT2D eigenvalue weighted by Gasteiger charge is 2.06. The number of benzene rings is 1. The lowest BCUT2D eigenvalue weighted by Crippen LogP contribution is -2.17. The molecule has 1 aliphatic rings. The molecule has 1 heterocycles. The molecule has 0 spiro atoms. The largest absolute Gasteiger partial charge is 0.331 e. The van der Waals surface area contributed by atoms with E-state index in [1.54, 1.807) is 0 Å². The maximum absolute atomic E-state index is 4.16. The summed E-state index contributed by atoms with van der Waals surface area (Å²) in [6, 6.07) is 8.52. The Balaban J connectivity index is 2.23. The lowest BCUT2D eigenvalue weighted by Gasteiger charge is -2.13. The van der Waals surface area contributed by atoms with Crippen LogP contribution < -0.4 is 4.90 Å². The van der Waals surface area contributed by atoms with E-state index in [1.807, 2.05) is 6.34 Å². The molecule has 0 saturated carbocycles. The maximum Gasteiger partial charge on any atom is 0.0895 e. The van der Waals surface area contributed by atoms with Crippen molar-refractivity contribution in [1.82, 2.24) is 0 Å². The fourth-order valence-electron chi connectivity index (χ4n) is 1.31. The number of aryl methyl sites for hydroxylation is 1. The lowest BCUT2D eigenvalue weighted by molar-refractivity contribution is 1.02. The predicted molar refractivity (Wildman–Crippen MR) is 51.9 cm³/mol. The van der Waals surface area contributed by atoms with Crippen LogP contribution in [0.5, 0.6) is 0 Å². The van der Waals surface area contributed by atoms with E-state index in [0.717, 1.165) is 13.1 Å². The molecule has 0 fully saturated rings. The van der Waals surface area contributed by atoms with Crippen molar-refractivity contribution in [3.63, 3.8) is 0 Å². The second-order valence-electron chi connectivity index (χ2n) is 3.05. The first-order valence-corrected chi connectivity index (χ1v) is 4.19. The van der Waals surface area contributed by atoms with E-state index >= 15 is 0 Å². The van der Waals surface area contributed by atoms with E-state index < -0.39 is 0 Å². The Morgan fingerprint density at radius 2 is 2.00 bits per heavy atom. The standard InChI is InChI=1S/C10H12N2/c1-9-2-4-10(5-3-9)12-7-6-11-8-12/h2-5,8H,6-7H2,1H3. The zero-order valence-corrected chi connectivity index (χ0v) is 7.20. The Morgan fingerprint density at radius 3 is 2.58 bits per heavy atom. The summed E-state index contributed by atoms with van der Waals surface area (Å²) < 4.78 is 0. The van der Waals surface area contributed by atoms with Gasteiger partial charge in [-0.2, -0.15) is 0 Å². The summed E-state index contributed by atoms with van der Waals surface area (Å²) in [7, 11) is 0. The third kappa shape index (κ3) is 1.33. The Labute approximate surface area is 72.5 Å². The van der Waals surface area contributed by atoms with Crippen LogP contribution in [0.4, 0.5) is 5.69 Å². The van der Waals surface area contributed by atoms with Crippen molar-refractivity contribution < 1.29 is 0 Å². The Morgan fingerprint density at radius 1 is 1.25 bits per heavy atom. The third-order valence-electron chi connectivity index (χ3n) is 2.06. The molecule has 0 aromatic heterocycles. The normalized spacial score (nSPS) is 15.6. The van der Waals surface area contributed by atoms with Gasteiger partial charge in [0, 0.05) is 12.2 Å². The van der Waals surface area contributed by atoms with Crippen LogP contribution in [-0.2, 0) is 0 Å². The Kier molecular flexibility index (Phi) is 1.82. The van der Waals surface area contributed by atoms with Gasteiger partial charge in [0.25, 0.3) is 0 Å². The molecule has 0 aliphatic carbocycles. The van der Waals surface area contributed by atoms with Gasteiger partial charge < -0.3 is 4.90 Å². The van der Waals surface area contributed by atoms with Crippen LogP contribution in [0.25, 0.3) is 0 Å². The van der Waals surface area contributed by atoms with Gasteiger partial charge in [-0.3, -0.25) is 4.99 Å². The molecule has 0 atom stereocenters. The molecule has 1 aromatic rings. The van der Waals surface area contributed by atoms with Crippen molar-refractivity contribution in [3.05, 3.63) is 29.8 Å². The van der Waals surface area contributed by atoms with Gasteiger partial charge in [-0.15, -0.1) is 0 Å². The lowest BCUT2D eigenvalue weighted by atomic mass is 10.2. The molecule has 0 N–H and O–H groups in total. The van der Waals surface area contributed by atoms with E-state index in [2.05, 4.69) is 41.1 Å². The highest BCUT2D eigenvalue weighted by Crippen LogP contribution is 2.14. The summed E-state index contributed by atoms with van der Waals surface area (Å²) in [6.07, 6.45) is 1.91. The molecule has 0 bridgehead atoms. The van der Waals surface area contributed by atoms with E-state index in [-0.39, 0.29) is 0 Å². The summed E-state index contributed by atoms with van der Waals surface area (Å²) in [5, 5.41) is 0. The van der Waals surface area contributed by atoms with Gasteiger partial charge in [-0.05, 0) is 19.1 Å². The molecule has 2 rings (SSSR count). The minimum atomic E-state index is 0.924. The monoisotopic (exact) mass is 160 g/mol. The van der Waals surface area contributed by atoms with Gasteiger partial charge in [0.1, 0.15) is 0 Å². The van der Waals surface area contributed by atoms with Crippen LogP contribution >= 0.6 is 0 Å². The number of hydrogen-bond donors (Lipinski definition) is 0. The second-order valence-corrected chi connectivity index (χ2v) is 3.05. The first-order chi connectivity index (χ1) is 5.86. The van der Waals surface area contributed by atoms with Crippen LogP contribution in [0.15, 0.2) is 29.3 Å². The molecule has 2 nitrogen and oxygen atoms in total. The average Bonchev–Trinajstić information content (AvgIpc) is 2.58. The quantitative estimate of drug-likeness (QED) is 0.612. The smallest absolute Gasteiger partial charge is 0.0895 e. The van der Waals surface area contributed by atoms with Crippen LogP contribution in [0, 0.1) is 6.92 Å². The Hall–Kier alpha value is -1.31. The van der Waals surface area contributed by atoms with Crippen molar-refractivity contribution in [2.45, 2.75) is 6.92 Å². The third-order valence-corrected chi connectivity index (χ3v) is 2.06. The van der Waals surface area contributed by atoms with Crippen molar-refractivity contribution in [3.8, 4) is 0 Å². The van der Waals surface area contributed by atoms with E-state index in [1.165, 1.54) is 11.3 Å². The molecule has 0 radical (unpaired) electrons. The number of anilines is 1. The SMILES string of the molecule is Cc1ccc(N2C=NCC2)cc1. The van der Waals surface area contributed by atoms with Crippen LogP contribution in [0.3, 0.4) is 0 Å². The molecule has 1 aromatic carbocycles. The van der Waals surface area contributed by atoms with Gasteiger partial charge in [0.05, 0.1) is 12.9 Å². The first kappa shape index (κ1) is 7.35. The summed E-state index contributed by atoms with van der Waals surface area (Å²) in [4.78, 5) is 6.33. The minimum absolute atomic E-state index is 0.924. The highest BCUT2D eigenvalue weighted by atomic mass is 15.2. The van der Waals surface area contributed by atoms with Crippen LogP contribution in [-0.4, -0.2) is 19.4 Å². The zero-order chi connectivity index (χ0) is 8.39. The van der Waals surface area contributed by atoms with Gasteiger partial charge >= 0.3 is 0 Å². The summed E-state index contributed by atoms with van der Waals surface area (Å²) in [5.74, 6) is 0. The van der Waals surface area contributed by atoms with Gasteiger partial charge in [-0.1, -0.05) is 17.7 Å². The zero-order valence-electron chi connectivity index (χ0n) is 7.20. The number of aliphatic imine (C=N–C) groups is 1. The fourth-order valence-corrected chi connectivity index (χ4v) is 1.31. The number of nitrogens with zero attached hydrogens (tertiary/aromatic N) is 2. The number of hydrogen-bond acceptors (Lipinski definition) is 2. The Bertz CT molecular complexity index is 287. The van der Waals surface area contributed by atoms with E-state index in [4.69, 9.17) is 0 Å². The summed E-state index contributed by atoms with van der Waals surface area (Å²) in [5.41, 5.74) is 2.54. The van der Waals surface area contributed by atoms with Crippen LogP contribution in [0.1, 0.15) is 5.56 Å². The number of rotatable bonds is 1. The van der Waals surface area contributed by atoms with Crippen molar-refractivity contribution >= 4 is 12.0 Å². The van der Waals surface area contributed by atoms with Crippen molar-refractivity contribution in [1.29, 1.82) is 0 Å². The maximum atomic E-state index is 4.16. The molecule has 62 valence electrons. The molecule has 0 unspecified atom stereocenters. The van der Waals surface area contributed by atoms with Crippen molar-refractivity contribution in [2.75, 3.05) is 18.0 Å². The van der Waals surface area contributed by atoms with E-state index in [9.17, 15) is 0 Å². The molecule has 0 saturated heterocycles. The van der Waals surface area contributed by atoms with Crippen LogP contribution in [0.2, 0.25) is 0 Å². The summed E-state index contributed by atoms with van der Waals surface area (Å²) in [6.45, 7) is 4.04. The highest BCUT2D eigenvalue weighted by molar-refractivity contribution is 5.80.